The molecule has 0 aliphatic rings. The van der Waals surface area contributed by atoms with E-state index in [2.05, 4.69) is 29.4 Å². The third-order valence-corrected chi connectivity index (χ3v) is 4.74. The lowest BCUT2D eigenvalue weighted by molar-refractivity contribution is -0.118. The summed E-state index contributed by atoms with van der Waals surface area (Å²) in [6.45, 7) is 4.05. The maximum atomic E-state index is 12.6. The highest BCUT2D eigenvalue weighted by atomic mass is 16.2. The Morgan fingerprint density at radius 1 is 1.12 bits per heavy atom. The summed E-state index contributed by atoms with van der Waals surface area (Å²) in [6, 6.07) is 14.3. The molecular formula is C20H23N3O. The van der Waals surface area contributed by atoms with Gasteiger partial charge in [0, 0.05) is 31.9 Å². The largest absolute Gasteiger partial charge is 0.315 e. The van der Waals surface area contributed by atoms with Crippen molar-refractivity contribution < 1.29 is 4.79 Å². The minimum Gasteiger partial charge on any atom is -0.315 e. The summed E-state index contributed by atoms with van der Waals surface area (Å²) in [5, 5.41) is 6.75. The van der Waals surface area contributed by atoms with Crippen LogP contribution >= 0.6 is 0 Å². The van der Waals surface area contributed by atoms with Crippen molar-refractivity contribution in [3.05, 3.63) is 59.4 Å². The number of anilines is 1. The molecule has 4 heteroatoms. The number of carbonyl (C=O) groups excluding carboxylic acids is 1. The molecule has 1 aromatic heterocycles. The third-order valence-electron chi connectivity index (χ3n) is 4.74. The second-order valence-corrected chi connectivity index (χ2v) is 6.26. The zero-order chi connectivity index (χ0) is 17.3. The van der Waals surface area contributed by atoms with Crippen LogP contribution in [-0.2, 0) is 18.3 Å². The predicted octanol–water partition coefficient (Wildman–Crippen LogP) is 3.79. The van der Waals surface area contributed by atoms with Gasteiger partial charge in [-0.3, -0.25) is 9.48 Å². The number of aryl methyl sites for hydroxylation is 2. The Hall–Kier alpha value is -2.62. The molecule has 4 nitrogen and oxygen atoms in total. The van der Waals surface area contributed by atoms with Crippen LogP contribution < -0.4 is 4.90 Å². The number of aromatic nitrogens is 2. The minimum atomic E-state index is 0.118. The SMILES string of the molecule is Cc1nn(C)c(C)c1CCC(=O)N(C)c1ccc2ccccc2c1. The second kappa shape index (κ2) is 6.48. The molecular weight excluding hydrogens is 298 g/mol. The van der Waals surface area contributed by atoms with Crippen molar-refractivity contribution >= 4 is 22.4 Å². The summed E-state index contributed by atoms with van der Waals surface area (Å²) >= 11 is 0. The Balaban J connectivity index is 1.73. The fraction of sp³-hybridized carbons (Fsp3) is 0.300. The van der Waals surface area contributed by atoms with Gasteiger partial charge in [-0.2, -0.15) is 5.10 Å². The molecule has 124 valence electrons. The van der Waals surface area contributed by atoms with Gasteiger partial charge in [0.1, 0.15) is 0 Å². The van der Waals surface area contributed by atoms with Gasteiger partial charge in [-0.05, 0) is 48.7 Å². The van der Waals surface area contributed by atoms with E-state index in [4.69, 9.17) is 0 Å². The first-order chi connectivity index (χ1) is 11.5. The van der Waals surface area contributed by atoms with Crippen molar-refractivity contribution in [2.45, 2.75) is 26.7 Å². The number of rotatable bonds is 4. The number of carbonyl (C=O) groups is 1. The molecule has 1 heterocycles. The van der Waals surface area contributed by atoms with E-state index in [9.17, 15) is 4.79 Å². The molecule has 0 radical (unpaired) electrons. The molecule has 0 atom stereocenters. The Morgan fingerprint density at radius 3 is 2.50 bits per heavy atom. The van der Waals surface area contributed by atoms with Crippen LogP contribution in [0.15, 0.2) is 42.5 Å². The summed E-state index contributed by atoms with van der Waals surface area (Å²) in [4.78, 5) is 14.3. The first kappa shape index (κ1) is 16.2. The van der Waals surface area contributed by atoms with Crippen LogP contribution in [-0.4, -0.2) is 22.7 Å². The summed E-state index contributed by atoms with van der Waals surface area (Å²) < 4.78 is 1.88. The number of amides is 1. The van der Waals surface area contributed by atoms with Gasteiger partial charge in [-0.1, -0.05) is 30.3 Å². The van der Waals surface area contributed by atoms with E-state index >= 15 is 0 Å². The van der Waals surface area contributed by atoms with Crippen molar-refractivity contribution in [3.8, 4) is 0 Å². The molecule has 2 aromatic carbocycles. The lowest BCUT2D eigenvalue weighted by Crippen LogP contribution is -2.26. The number of hydrogen-bond acceptors (Lipinski definition) is 2. The van der Waals surface area contributed by atoms with Crippen LogP contribution in [0.3, 0.4) is 0 Å². The molecule has 0 fully saturated rings. The molecule has 0 aliphatic carbocycles. The smallest absolute Gasteiger partial charge is 0.227 e. The molecule has 1 amide bonds. The van der Waals surface area contributed by atoms with E-state index in [0.29, 0.717) is 6.42 Å². The van der Waals surface area contributed by atoms with E-state index in [-0.39, 0.29) is 5.91 Å². The highest BCUT2D eigenvalue weighted by Gasteiger charge is 2.15. The zero-order valence-electron chi connectivity index (χ0n) is 14.7. The Labute approximate surface area is 142 Å². The molecule has 0 N–H and O–H groups in total. The van der Waals surface area contributed by atoms with E-state index in [1.54, 1.807) is 4.90 Å². The number of hydrogen-bond donors (Lipinski definition) is 0. The quantitative estimate of drug-likeness (QED) is 0.733. The molecule has 0 saturated heterocycles. The van der Waals surface area contributed by atoms with Crippen molar-refractivity contribution in [1.29, 1.82) is 0 Å². The van der Waals surface area contributed by atoms with Gasteiger partial charge in [0.05, 0.1) is 5.69 Å². The van der Waals surface area contributed by atoms with Gasteiger partial charge in [-0.15, -0.1) is 0 Å². The monoisotopic (exact) mass is 321 g/mol. The van der Waals surface area contributed by atoms with Crippen molar-refractivity contribution in [2.75, 3.05) is 11.9 Å². The van der Waals surface area contributed by atoms with Gasteiger partial charge in [0.25, 0.3) is 0 Å². The zero-order valence-corrected chi connectivity index (χ0v) is 14.7. The molecule has 24 heavy (non-hydrogen) atoms. The number of nitrogens with zero attached hydrogens (tertiary/aromatic N) is 3. The van der Waals surface area contributed by atoms with Crippen LogP contribution in [0.4, 0.5) is 5.69 Å². The summed E-state index contributed by atoms with van der Waals surface area (Å²) in [5.74, 6) is 0.118. The summed E-state index contributed by atoms with van der Waals surface area (Å²) in [6.07, 6.45) is 1.21. The average molecular weight is 321 g/mol. The molecule has 0 bridgehead atoms. The molecule has 0 unspecified atom stereocenters. The maximum Gasteiger partial charge on any atom is 0.227 e. The van der Waals surface area contributed by atoms with Crippen LogP contribution in [0.1, 0.15) is 23.4 Å². The Morgan fingerprint density at radius 2 is 1.83 bits per heavy atom. The topological polar surface area (TPSA) is 38.1 Å². The molecule has 3 rings (SSSR count). The molecule has 0 aliphatic heterocycles. The minimum absolute atomic E-state index is 0.118. The fourth-order valence-corrected chi connectivity index (χ4v) is 3.11. The Bertz CT molecular complexity index is 895. The van der Waals surface area contributed by atoms with Gasteiger partial charge in [0.2, 0.25) is 5.91 Å². The predicted molar refractivity (Wildman–Crippen MR) is 98.4 cm³/mol. The Kier molecular flexibility index (Phi) is 4.38. The third kappa shape index (κ3) is 3.04. The lowest BCUT2D eigenvalue weighted by Gasteiger charge is -2.18. The summed E-state index contributed by atoms with van der Waals surface area (Å²) in [7, 11) is 3.78. The highest BCUT2D eigenvalue weighted by molar-refractivity contribution is 5.96. The number of fused-ring (bicyclic) bond motifs is 1. The van der Waals surface area contributed by atoms with E-state index < -0.39 is 0 Å². The first-order valence-electron chi connectivity index (χ1n) is 8.22. The van der Waals surface area contributed by atoms with Gasteiger partial charge >= 0.3 is 0 Å². The molecule has 0 spiro atoms. The van der Waals surface area contributed by atoms with Crippen LogP contribution in [0, 0.1) is 13.8 Å². The maximum absolute atomic E-state index is 12.6. The van der Waals surface area contributed by atoms with Crippen LogP contribution in [0.2, 0.25) is 0 Å². The average Bonchev–Trinajstić information content (AvgIpc) is 2.83. The fourth-order valence-electron chi connectivity index (χ4n) is 3.11. The van der Waals surface area contributed by atoms with Gasteiger partial charge < -0.3 is 4.90 Å². The highest BCUT2D eigenvalue weighted by Crippen LogP contribution is 2.22. The van der Waals surface area contributed by atoms with Crippen molar-refractivity contribution in [3.63, 3.8) is 0 Å². The standard InChI is InChI=1S/C20H23N3O/c1-14-19(15(2)23(4)21-14)11-12-20(24)22(3)18-10-9-16-7-5-6-8-17(16)13-18/h5-10,13H,11-12H2,1-4H3. The van der Waals surface area contributed by atoms with Gasteiger partial charge in [0.15, 0.2) is 0 Å². The normalized spacial score (nSPS) is 11.0. The molecule has 0 saturated carbocycles. The molecule has 3 aromatic rings. The van der Waals surface area contributed by atoms with Crippen LogP contribution in [0.25, 0.3) is 10.8 Å². The van der Waals surface area contributed by atoms with Crippen molar-refractivity contribution in [2.24, 2.45) is 7.05 Å². The van der Waals surface area contributed by atoms with Gasteiger partial charge in [-0.25, -0.2) is 0 Å². The summed E-state index contributed by atoms with van der Waals surface area (Å²) in [5.41, 5.74) is 4.25. The first-order valence-corrected chi connectivity index (χ1v) is 8.22. The van der Waals surface area contributed by atoms with E-state index in [1.165, 1.54) is 10.9 Å². The second-order valence-electron chi connectivity index (χ2n) is 6.26. The van der Waals surface area contributed by atoms with E-state index in [1.807, 2.05) is 50.8 Å². The number of benzene rings is 2. The van der Waals surface area contributed by atoms with Crippen molar-refractivity contribution in [1.82, 2.24) is 9.78 Å². The van der Waals surface area contributed by atoms with E-state index in [0.717, 1.165) is 28.9 Å². The lowest BCUT2D eigenvalue weighted by atomic mass is 10.1. The van der Waals surface area contributed by atoms with Crippen LogP contribution in [0.5, 0.6) is 0 Å².